The lowest BCUT2D eigenvalue weighted by molar-refractivity contribution is -0.155. The fourth-order valence-corrected chi connectivity index (χ4v) is 5.30. The second-order valence-corrected chi connectivity index (χ2v) is 9.49. The fourth-order valence-electron chi connectivity index (χ4n) is 3.65. The van der Waals surface area contributed by atoms with Crippen molar-refractivity contribution in [2.75, 3.05) is 12.4 Å². The van der Waals surface area contributed by atoms with Gasteiger partial charge in [0.1, 0.15) is 6.04 Å². The van der Waals surface area contributed by atoms with Crippen LogP contribution >= 0.6 is 11.8 Å². The van der Waals surface area contributed by atoms with Crippen molar-refractivity contribution in [1.29, 1.82) is 0 Å². The minimum absolute atomic E-state index is 0.0701. The lowest BCUT2D eigenvalue weighted by Gasteiger charge is -2.36. The Bertz CT molecular complexity index is 440. The van der Waals surface area contributed by atoms with Gasteiger partial charge in [-0.25, -0.2) is 4.79 Å². The Labute approximate surface area is 151 Å². The molecule has 138 valence electrons. The summed E-state index contributed by atoms with van der Waals surface area (Å²) in [5, 5.41) is 0.152. The van der Waals surface area contributed by atoms with E-state index in [2.05, 4.69) is 20.8 Å². The van der Waals surface area contributed by atoms with E-state index in [4.69, 9.17) is 4.74 Å². The van der Waals surface area contributed by atoms with Gasteiger partial charge in [-0.15, -0.1) is 11.8 Å². The van der Waals surface area contributed by atoms with Gasteiger partial charge in [-0.05, 0) is 30.6 Å². The van der Waals surface area contributed by atoms with Crippen molar-refractivity contribution in [2.45, 2.75) is 84.1 Å². The summed E-state index contributed by atoms with van der Waals surface area (Å²) < 4.78 is 5.38. The average Bonchev–Trinajstić information content (AvgIpc) is 2.97. The van der Waals surface area contributed by atoms with E-state index >= 15 is 0 Å². The van der Waals surface area contributed by atoms with E-state index in [9.17, 15) is 9.59 Å². The predicted molar refractivity (Wildman–Crippen MR) is 98.8 cm³/mol. The highest BCUT2D eigenvalue weighted by atomic mass is 32.2. The lowest BCUT2D eigenvalue weighted by atomic mass is 9.87. The maximum Gasteiger partial charge on any atom is 0.329 e. The molecule has 5 heteroatoms. The molecule has 0 aromatic rings. The summed E-state index contributed by atoms with van der Waals surface area (Å²) >= 11 is 1.79. The SMILES string of the molecule is CCCOC(=O)C1CSC(C2CCCCC2)N1C(=O)CC(C)(C)C. The minimum atomic E-state index is -0.400. The van der Waals surface area contributed by atoms with E-state index in [1.54, 1.807) is 11.8 Å². The molecule has 1 saturated carbocycles. The van der Waals surface area contributed by atoms with Crippen LogP contribution in [-0.2, 0) is 14.3 Å². The van der Waals surface area contributed by atoms with Crippen LogP contribution in [0.4, 0.5) is 0 Å². The number of thioether (sulfide) groups is 1. The molecule has 2 atom stereocenters. The zero-order valence-corrected chi connectivity index (χ0v) is 16.5. The average molecular weight is 356 g/mol. The second-order valence-electron chi connectivity index (χ2n) is 8.34. The maximum absolute atomic E-state index is 13.0. The molecule has 2 rings (SSSR count). The van der Waals surface area contributed by atoms with Gasteiger partial charge in [-0.2, -0.15) is 0 Å². The van der Waals surface area contributed by atoms with Crippen molar-refractivity contribution < 1.29 is 14.3 Å². The van der Waals surface area contributed by atoms with E-state index in [1.165, 1.54) is 32.1 Å². The first-order valence-corrected chi connectivity index (χ1v) is 10.5. The number of hydrogen-bond donors (Lipinski definition) is 0. The summed E-state index contributed by atoms with van der Waals surface area (Å²) in [6.07, 6.45) is 7.43. The quantitative estimate of drug-likeness (QED) is 0.693. The molecule has 0 spiro atoms. The molecule has 2 fully saturated rings. The Morgan fingerprint density at radius 3 is 2.42 bits per heavy atom. The molecule has 1 amide bonds. The molecule has 2 unspecified atom stereocenters. The third-order valence-corrected chi connectivity index (χ3v) is 6.24. The van der Waals surface area contributed by atoms with Crippen LogP contribution in [0, 0.1) is 11.3 Å². The predicted octanol–water partition coefficient (Wildman–Crippen LogP) is 4.23. The van der Waals surface area contributed by atoms with Crippen LogP contribution in [0.5, 0.6) is 0 Å². The van der Waals surface area contributed by atoms with Gasteiger partial charge in [-0.3, -0.25) is 4.79 Å². The Hall–Kier alpha value is -0.710. The fraction of sp³-hybridized carbons (Fsp3) is 0.895. The topological polar surface area (TPSA) is 46.6 Å². The number of rotatable bonds is 5. The molecule has 0 bridgehead atoms. The van der Waals surface area contributed by atoms with E-state index in [1.807, 2.05) is 11.8 Å². The van der Waals surface area contributed by atoms with Crippen LogP contribution in [0.2, 0.25) is 0 Å². The first-order valence-electron chi connectivity index (χ1n) is 9.43. The zero-order valence-electron chi connectivity index (χ0n) is 15.7. The van der Waals surface area contributed by atoms with Crippen molar-refractivity contribution in [3.05, 3.63) is 0 Å². The monoisotopic (exact) mass is 355 g/mol. The van der Waals surface area contributed by atoms with Crippen molar-refractivity contribution in [2.24, 2.45) is 11.3 Å². The molecule has 4 nitrogen and oxygen atoms in total. The summed E-state index contributed by atoms with van der Waals surface area (Å²) in [6.45, 7) is 8.66. The molecule has 1 aliphatic carbocycles. The number of amides is 1. The molecule has 0 radical (unpaired) electrons. The van der Waals surface area contributed by atoms with Crippen LogP contribution < -0.4 is 0 Å². The van der Waals surface area contributed by atoms with Gasteiger partial charge in [0.15, 0.2) is 0 Å². The third kappa shape index (κ3) is 5.14. The highest BCUT2D eigenvalue weighted by Gasteiger charge is 2.45. The van der Waals surface area contributed by atoms with Crippen LogP contribution in [0.1, 0.15) is 72.6 Å². The van der Waals surface area contributed by atoms with E-state index in [-0.39, 0.29) is 22.7 Å². The van der Waals surface area contributed by atoms with Crippen molar-refractivity contribution in [3.63, 3.8) is 0 Å². The van der Waals surface area contributed by atoms with Crippen LogP contribution in [0.15, 0.2) is 0 Å². The Balaban J connectivity index is 2.14. The number of carbonyl (C=O) groups is 2. The number of hydrogen-bond acceptors (Lipinski definition) is 4. The molecular formula is C19H33NO3S. The molecule has 0 aromatic carbocycles. The molecule has 2 aliphatic rings. The van der Waals surface area contributed by atoms with Gasteiger partial charge in [0.2, 0.25) is 5.91 Å². The molecule has 24 heavy (non-hydrogen) atoms. The molecule has 0 N–H and O–H groups in total. The Morgan fingerprint density at radius 1 is 1.17 bits per heavy atom. The first kappa shape index (κ1) is 19.6. The highest BCUT2D eigenvalue weighted by Crippen LogP contribution is 2.41. The minimum Gasteiger partial charge on any atom is -0.464 e. The van der Waals surface area contributed by atoms with Crippen LogP contribution in [0.25, 0.3) is 0 Å². The van der Waals surface area contributed by atoms with Gasteiger partial charge < -0.3 is 9.64 Å². The van der Waals surface area contributed by atoms with Gasteiger partial charge in [0.05, 0.1) is 12.0 Å². The molecular weight excluding hydrogens is 322 g/mol. The summed E-state index contributed by atoms with van der Waals surface area (Å²) in [6, 6.07) is -0.400. The molecule has 1 heterocycles. The van der Waals surface area contributed by atoms with Gasteiger partial charge in [0, 0.05) is 12.2 Å². The maximum atomic E-state index is 13.0. The van der Waals surface area contributed by atoms with Crippen molar-refractivity contribution in [1.82, 2.24) is 4.90 Å². The lowest BCUT2D eigenvalue weighted by Crippen LogP contribution is -2.49. The molecule has 0 aromatic heterocycles. The first-order chi connectivity index (χ1) is 11.3. The summed E-state index contributed by atoms with van der Waals surface area (Å²) in [4.78, 5) is 27.4. The summed E-state index contributed by atoms with van der Waals surface area (Å²) in [5.74, 6) is 1.10. The Kier molecular flexibility index (Phi) is 7.02. The van der Waals surface area contributed by atoms with Crippen LogP contribution in [-0.4, -0.2) is 40.6 Å². The third-order valence-electron chi connectivity index (χ3n) is 4.78. The summed E-state index contributed by atoms with van der Waals surface area (Å²) in [7, 11) is 0. The standard InChI is InChI=1S/C19H33NO3S/c1-5-11-23-18(22)15-13-24-17(14-9-7-6-8-10-14)20(15)16(21)12-19(2,3)4/h14-15,17H,5-13H2,1-4H3. The Morgan fingerprint density at radius 2 is 1.83 bits per heavy atom. The van der Waals surface area contributed by atoms with Crippen molar-refractivity contribution >= 4 is 23.6 Å². The summed E-state index contributed by atoms with van der Waals surface area (Å²) in [5.41, 5.74) is -0.0701. The number of ether oxygens (including phenoxy) is 1. The number of esters is 1. The van der Waals surface area contributed by atoms with E-state index < -0.39 is 6.04 Å². The van der Waals surface area contributed by atoms with Gasteiger partial charge in [-0.1, -0.05) is 47.0 Å². The molecule has 1 aliphatic heterocycles. The zero-order chi connectivity index (χ0) is 17.7. The van der Waals surface area contributed by atoms with Crippen molar-refractivity contribution in [3.8, 4) is 0 Å². The van der Waals surface area contributed by atoms with Gasteiger partial charge in [0.25, 0.3) is 0 Å². The second kappa shape index (κ2) is 8.59. The van der Waals surface area contributed by atoms with Gasteiger partial charge >= 0.3 is 5.97 Å². The van der Waals surface area contributed by atoms with E-state index in [0.717, 1.165) is 6.42 Å². The highest BCUT2D eigenvalue weighted by molar-refractivity contribution is 8.00. The molecule has 1 saturated heterocycles. The number of carbonyl (C=O) groups excluding carboxylic acids is 2. The van der Waals surface area contributed by atoms with E-state index in [0.29, 0.717) is 24.7 Å². The largest absolute Gasteiger partial charge is 0.464 e. The number of nitrogens with zero attached hydrogens (tertiary/aromatic N) is 1. The smallest absolute Gasteiger partial charge is 0.329 e. The van der Waals surface area contributed by atoms with Crippen LogP contribution in [0.3, 0.4) is 0 Å². The normalized spacial score (nSPS) is 25.8.